The van der Waals surface area contributed by atoms with Gasteiger partial charge in [-0.15, -0.1) is 24.0 Å². The standard InChI is InChI=1S/C24H28N4O2.HI/c1-18-10-11-20(23(13-18)29-3)16-28-24(25-2)27-15-19-7-6-9-22(14-19)30-17-21-8-4-5-12-26-21;/h4-14H,15-17H2,1-3H3,(H2,25,27,28);1H. The third kappa shape index (κ3) is 7.75. The quantitative estimate of drug-likeness (QED) is 0.255. The Kier molecular flexibility index (Phi) is 10.1. The number of rotatable bonds is 8. The van der Waals surface area contributed by atoms with Crippen molar-refractivity contribution in [1.82, 2.24) is 15.6 Å². The maximum absolute atomic E-state index is 5.86. The van der Waals surface area contributed by atoms with E-state index in [0.29, 0.717) is 19.7 Å². The van der Waals surface area contributed by atoms with Gasteiger partial charge in [-0.1, -0.05) is 30.3 Å². The summed E-state index contributed by atoms with van der Waals surface area (Å²) >= 11 is 0. The smallest absolute Gasteiger partial charge is 0.191 e. The van der Waals surface area contributed by atoms with Crippen LogP contribution in [-0.2, 0) is 19.7 Å². The third-order valence-electron chi connectivity index (χ3n) is 4.58. The van der Waals surface area contributed by atoms with Gasteiger partial charge < -0.3 is 20.1 Å². The highest BCUT2D eigenvalue weighted by atomic mass is 127. The Morgan fingerprint density at radius 2 is 1.84 bits per heavy atom. The molecule has 0 bridgehead atoms. The van der Waals surface area contributed by atoms with Crippen molar-refractivity contribution >= 4 is 29.9 Å². The van der Waals surface area contributed by atoms with E-state index in [1.54, 1.807) is 20.4 Å². The van der Waals surface area contributed by atoms with Crippen molar-refractivity contribution in [3.05, 3.63) is 89.2 Å². The molecule has 1 heterocycles. The Bertz CT molecular complexity index is 980. The summed E-state index contributed by atoms with van der Waals surface area (Å²) in [7, 11) is 3.45. The highest BCUT2D eigenvalue weighted by Crippen LogP contribution is 2.19. The lowest BCUT2D eigenvalue weighted by molar-refractivity contribution is 0.301. The molecule has 1 aromatic heterocycles. The predicted octanol–water partition coefficient (Wildman–Crippen LogP) is 4.46. The summed E-state index contributed by atoms with van der Waals surface area (Å²) in [4.78, 5) is 8.58. The zero-order valence-corrected chi connectivity index (χ0v) is 20.4. The zero-order valence-electron chi connectivity index (χ0n) is 18.1. The van der Waals surface area contributed by atoms with Crippen molar-refractivity contribution in [3.8, 4) is 11.5 Å². The molecule has 0 saturated heterocycles. The van der Waals surface area contributed by atoms with Gasteiger partial charge in [-0.3, -0.25) is 9.98 Å². The molecule has 164 valence electrons. The van der Waals surface area contributed by atoms with E-state index >= 15 is 0 Å². The Hall–Kier alpha value is -2.81. The van der Waals surface area contributed by atoms with Crippen LogP contribution in [0, 0.1) is 6.92 Å². The topological polar surface area (TPSA) is 67.8 Å². The molecule has 2 aromatic carbocycles. The molecule has 31 heavy (non-hydrogen) atoms. The number of guanidine groups is 1. The van der Waals surface area contributed by atoms with Crippen LogP contribution < -0.4 is 20.1 Å². The summed E-state index contributed by atoms with van der Waals surface area (Å²) < 4.78 is 11.3. The highest BCUT2D eigenvalue weighted by molar-refractivity contribution is 14.0. The lowest BCUT2D eigenvalue weighted by Crippen LogP contribution is -2.36. The van der Waals surface area contributed by atoms with Crippen LogP contribution in [0.2, 0.25) is 0 Å². The van der Waals surface area contributed by atoms with Gasteiger partial charge in [0.25, 0.3) is 0 Å². The summed E-state index contributed by atoms with van der Waals surface area (Å²) in [6.45, 7) is 3.75. The average molecular weight is 532 g/mol. The van der Waals surface area contributed by atoms with E-state index in [1.165, 1.54) is 5.56 Å². The molecular weight excluding hydrogens is 503 g/mol. The fourth-order valence-corrected chi connectivity index (χ4v) is 2.97. The van der Waals surface area contributed by atoms with Gasteiger partial charge in [0.1, 0.15) is 18.1 Å². The van der Waals surface area contributed by atoms with E-state index in [4.69, 9.17) is 9.47 Å². The summed E-state index contributed by atoms with van der Waals surface area (Å²) in [6.07, 6.45) is 1.77. The van der Waals surface area contributed by atoms with E-state index < -0.39 is 0 Å². The normalized spacial score (nSPS) is 10.7. The first-order valence-corrected chi connectivity index (χ1v) is 9.87. The lowest BCUT2D eigenvalue weighted by atomic mass is 10.1. The van der Waals surface area contributed by atoms with Gasteiger partial charge in [0.2, 0.25) is 0 Å². The number of halogens is 1. The number of methoxy groups -OCH3 is 1. The minimum atomic E-state index is 0. The molecule has 0 unspecified atom stereocenters. The summed E-state index contributed by atoms with van der Waals surface area (Å²) in [6, 6.07) is 20.0. The van der Waals surface area contributed by atoms with Crippen LogP contribution in [0.25, 0.3) is 0 Å². The van der Waals surface area contributed by atoms with Crippen molar-refractivity contribution in [2.24, 2.45) is 4.99 Å². The molecule has 6 nitrogen and oxygen atoms in total. The van der Waals surface area contributed by atoms with Crippen LogP contribution in [0.4, 0.5) is 0 Å². The van der Waals surface area contributed by atoms with Crippen LogP contribution in [0.3, 0.4) is 0 Å². The van der Waals surface area contributed by atoms with Crippen molar-refractivity contribution in [2.45, 2.75) is 26.6 Å². The van der Waals surface area contributed by atoms with Crippen molar-refractivity contribution < 1.29 is 9.47 Å². The van der Waals surface area contributed by atoms with Crippen LogP contribution in [0.5, 0.6) is 11.5 Å². The van der Waals surface area contributed by atoms with Crippen molar-refractivity contribution in [2.75, 3.05) is 14.2 Å². The Balaban J connectivity index is 0.00000341. The van der Waals surface area contributed by atoms with E-state index in [0.717, 1.165) is 34.3 Å². The molecule has 0 amide bonds. The molecule has 0 saturated carbocycles. The van der Waals surface area contributed by atoms with Crippen LogP contribution in [0.15, 0.2) is 71.9 Å². The fourth-order valence-electron chi connectivity index (χ4n) is 2.97. The van der Waals surface area contributed by atoms with E-state index in [9.17, 15) is 0 Å². The Labute approximate surface area is 201 Å². The molecule has 0 fully saturated rings. The van der Waals surface area contributed by atoms with E-state index in [2.05, 4.69) is 45.7 Å². The Morgan fingerprint density at radius 3 is 2.58 bits per heavy atom. The molecule has 3 rings (SSSR count). The predicted molar refractivity (Wildman–Crippen MR) is 135 cm³/mol. The average Bonchev–Trinajstić information content (AvgIpc) is 2.79. The molecule has 7 heteroatoms. The SMILES string of the molecule is CN=C(NCc1cccc(OCc2ccccn2)c1)NCc1ccc(C)cc1OC.I. The highest BCUT2D eigenvalue weighted by Gasteiger charge is 2.05. The summed E-state index contributed by atoms with van der Waals surface area (Å²) in [5, 5.41) is 6.67. The van der Waals surface area contributed by atoms with Gasteiger partial charge >= 0.3 is 0 Å². The number of hydrogen-bond acceptors (Lipinski definition) is 4. The van der Waals surface area contributed by atoms with Gasteiger partial charge in [-0.2, -0.15) is 0 Å². The molecule has 0 spiro atoms. The van der Waals surface area contributed by atoms with Crippen molar-refractivity contribution in [1.29, 1.82) is 0 Å². The molecule has 3 aromatic rings. The largest absolute Gasteiger partial charge is 0.496 e. The second kappa shape index (κ2) is 12.8. The summed E-state index contributed by atoms with van der Waals surface area (Å²) in [5.41, 5.74) is 4.25. The number of ether oxygens (including phenoxy) is 2. The monoisotopic (exact) mass is 532 g/mol. The second-order valence-corrected chi connectivity index (χ2v) is 6.85. The van der Waals surface area contributed by atoms with Gasteiger partial charge in [0.05, 0.1) is 12.8 Å². The summed E-state index contributed by atoms with van der Waals surface area (Å²) in [5.74, 6) is 2.40. The number of hydrogen-bond donors (Lipinski definition) is 2. The molecule has 0 radical (unpaired) electrons. The maximum atomic E-state index is 5.86. The van der Waals surface area contributed by atoms with Gasteiger partial charge in [-0.25, -0.2) is 0 Å². The lowest BCUT2D eigenvalue weighted by Gasteiger charge is -2.14. The Morgan fingerprint density at radius 1 is 1.00 bits per heavy atom. The van der Waals surface area contributed by atoms with E-state index in [-0.39, 0.29) is 24.0 Å². The first-order chi connectivity index (χ1) is 14.7. The van der Waals surface area contributed by atoms with Gasteiger partial charge in [-0.05, 0) is 48.4 Å². The molecule has 0 aliphatic carbocycles. The molecule has 0 aliphatic heterocycles. The minimum Gasteiger partial charge on any atom is -0.496 e. The number of aryl methyl sites for hydroxylation is 1. The fraction of sp³-hybridized carbons (Fsp3) is 0.250. The van der Waals surface area contributed by atoms with Crippen LogP contribution in [-0.4, -0.2) is 25.1 Å². The van der Waals surface area contributed by atoms with Crippen LogP contribution in [0.1, 0.15) is 22.4 Å². The molecule has 0 atom stereocenters. The maximum Gasteiger partial charge on any atom is 0.191 e. The number of nitrogens with one attached hydrogen (secondary N) is 2. The second-order valence-electron chi connectivity index (χ2n) is 6.85. The minimum absolute atomic E-state index is 0. The molecule has 2 N–H and O–H groups in total. The first-order valence-electron chi connectivity index (χ1n) is 9.87. The van der Waals surface area contributed by atoms with Gasteiger partial charge in [0, 0.05) is 31.9 Å². The zero-order chi connectivity index (χ0) is 21.2. The number of nitrogens with zero attached hydrogens (tertiary/aromatic N) is 2. The van der Waals surface area contributed by atoms with E-state index in [1.807, 2.05) is 42.5 Å². The molecule has 0 aliphatic rings. The van der Waals surface area contributed by atoms with Gasteiger partial charge in [0.15, 0.2) is 5.96 Å². The number of aliphatic imine (C=N–C) groups is 1. The number of aromatic nitrogens is 1. The number of benzene rings is 2. The van der Waals surface area contributed by atoms with Crippen LogP contribution >= 0.6 is 24.0 Å². The number of pyridine rings is 1. The first kappa shape index (κ1) is 24.5. The van der Waals surface area contributed by atoms with Crippen molar-refractivity contribution in [3.63, 3.8) is 0 Å². The molecular formula is C24H29IN4O2. The third-order valence-corrected chi connectivity index (χ3v) is 4.58.